The Morgan fingerprint density at radius 2 is 1.90 bits per heavy atom. The minimum Gasteiger partial charge on any atom is -0.378 e. The Morgan fingerprint density at radius 3 is 2.55 bits per heavy atom. The number of hydrogen-bond acceptors (Lipinski definition) is 4. The van der Waals surface area contributed by atoms with Crippen LogP contribution in [0.1, 0.15) is 33.6 Å². The quantitative estimate of drug-likeness (QED) is 0.610. The van der Waals surface area contributed by atoms with Crippen molar-refractivity contribution in [1.82, 2.24) is 14.3 Å². The molecule has 3 aromatic rings. The van der Waals surface area contributed by atoms with Crippen LogP contribution in [0.15, 0.2) is 37.0 Å². The van der Waals surface area contributed by atoms with E-state index in [9.17, 15) is 0 Å². The molecule has 1 aliphatic heterocycles. The molecule has 0 bridgehead atoms. The van der Waals surface area contributed by atoms with Crippen molar-refractivity contribution >= 4 is 28.8 Å². The number of aryl methyl sites for hydroxylation is 4. The Hall–Kier alpha value is -2.40. The fourth-order valence-electron chi connectivity index (χ4n) is 3.96. The first kappa shape index (κ1) is 19.9. The molecule has 2 aromatic heterocycles. The van der Waals surface area contributed by atoms with Crippen LogP contribution in [-0.2, 0) is 6.54 Å². The zero-order valence-corrected chi connectivity index (χ0v) is 18.9. The number of fused-ring (bicyclic) bond motifs is 1. The lowest BCUT2D eigenvalue weighted by atomic mass is 10.0. The number of nitrogens with one attached hydrogen (secondary N) is 1. The highest BCUT2D eigenvalue weighted by molar-refractivity contribution is 7.99. The third-order valence-corrected chi connectivity index (χ3v) is 7.16. The molecule has 0 radical (unpaired) electrons. The molecule has 0 spiro atoms. The van der Waals surface area contributed by atoms with E-state index in [2.05, 4.69) is 85.6 Å². The van der Waals surface area contributed by atoms with E-state index in [0.29, 0.717) is 5.25 Å². The highest BCUT2D eigenvalue weighted by Crippen LogP contribution is 2.31. The van der Waals surface area contributed by atoms with Crippen molar-refractivity contribution in [3.63, 3.8) is 0 Å². The van der Waals surface area contributed by atoms with Gasteiger partial charge in [-0.2, -0.15) is 11.8 Å². The predicted octanol–water partition coefficient (Wildman–Crippen LogP) is 5.20. The number of thioether (sulfide) groups is 1. The van der Waals surface area contributed by atoms with Gasteiger partial charge < -0.3 is 14.6 Å². The van der Waals surface area contributed by atoms with Gasteiger partial charge in [0.15, 0.2) is 5.65 Å². The van der Waals surface area contributed by atoms with Crippen molar-refractivity contribution in [2.75, 3.05) is 24.7 Å². The Labute approximate surface area is 178 Å². The SMILES string of the molecule is C=C(c1cc(NCc2c(C)cccc2C)c2nc(C)c(C)n2c1)N1CC(SC)C1. The van der Waals surface area contributed by atoms with E-state index in [1.165, 1.54) is 22.4 Å². The van der Waals surface area contributed by atoms with Gasteiger partial charge in [-0.05, 0) is 56.7 Å². The molecule has 1 aromatic carbocycles. The summed E-state index contributed by atoms with van der Waals surface area (Å²) in [4.78, 5) is 7.20. The third kappa shape index (κ3) is 3.64. The third-order valence-electron chi connectivity index (χ3n) is 6.19. The van der Waals surface area contributed by atoms with E-state index < -0.39 is 0 Å². The van der Waals surface area contributed by atoms with Crippen molar-refractivity contribution in [2.24, 2.45) is 0 Å². The monoisotopic (exact) mass is 406 g/mol. The fourth-order valence-corrected chi connectivity index (χ4v) is 4.62. The van der Waals surface area contributed by atoms with E-state index >= 15 is 0 Å². The van der Waals surface area contributed by atoms with Crippen LogP contribution in [0.4, 0.5) is 5.69 Å². The molecule has 0 saturated carbocycles. The minimum atomic E-state index is 0.717. The first-order chi connectivity index (χ1) is 13.9. The van der Waals surface area contributed by atoms with Gasteiger partial charge in [-0.3, -0.25) is 0 Å². The largest absolute Gasteiger partial charge is 0.378 e. The maximum atomic E-state index is 4.83. The summed E-state index contributed by atoms with van der Waals surface area (Å²) in [5.41, 5.74) is 10.5. The van der Waals surface area contributed by atoms with Crippen LogP contribution in [0, 0.1) is 27.7 Å². The summed E-state index contributed by atoms with van der Waals surface area (Å²) in [6.07, 6.45) is 4.37. The molecule has 4 rings (SSSR count). The summed E-state index contributed by atoms with van der Waals surface area (Å²) in [5.74, 6) is 0. The lowest BCUT2D eigenvalue weighted by Gasteiger charge is -2.41. The average Bonchev–Trinajstić information content (AvgIpc) is 2.95. The van der Waals surface area contributed by atoms with E-state index in [1.54, 1.807) is 0 Å². The van der Waals surface area contributed by atoms with Crippen LogP contribution >= 0.6 is 11.8 Å². The molecular formula is C24H30N4S. The van der Waals surface area contributed by atoms with Crippen LogP contribution in [0.25, 0.3) is 11.3 Å². The normalized spacial score (nSPS) is 14.3. The number of aromatic nitrogens is 2. The Morgan fingerprint density at radius 1 is 1.21 bits per heavy atom. The Bertz CT molecular complexity index is 1060. The molecule has 1 saturated heterocycles. The summed E-state index contributed by atoms with van der Waals surface area (Å²) in [5, 5.41) is 4.39. The van der Waals surface area contributed by atoms with E-state index in [0.717, 1.165) is 47.9 Å². The first-order valence-corrected chi connectivity index (χ1v) is 11.4. The van der Waals surface area contributed by atoms with Crippen molar-refractivity contribution in [3.8, 4) is 0 Å². The number of hydrogen-bond donors (Lipinski definition) is 1. The van der Waals surface area contributed by atoms with Crippen molar-refractivity contribution in [2.45, 2.75) is 39.5 Å². The van der Waals surface area contributed by atoms with E-state index in [4.69, 9.17) is 4.98 Å². The van der Waals surface area contributed by atoms with Crippen LogP contribution in [0.2, 0.25) is 0 Å². The molecular weight excluding hydrogens is 376 g/mol. The van der Waals surface area contributed by atoms with Crippen molar-refractivity contribution < 1.29 is 0 Å². The van der Waals surface area contributed by atoms with Gasteiger partial charge in [0.1, 0.15) is 0 Å². The smallest absolute Gasteiger partial charge is 0.160 e. The highest BCUT2D eigenvalue weighted by Gasteiger charge is 2.27. The highest BCUT2D eigenvalue weighted by atomic mass is 32.2. The second kappa shape index (κ2) is 7.79. The van der Waals surface area contributed by atoms with Crippen molar-refractivity contribution in [3.05, 3.63) is 70.7 Å². The van der Waals surface area contributed by atoms with Crippen LogP contribution < -0.4 is 5.32 Å². The van der Waals surface area contributed by atoms with Gasteiger partial charge in [0, 0.05) is 48.0 Å². The number of likely N-dealkylation sites (tertiary alicyclic amines) is 1. The molecule has 152 valence electrons. The summed E-state index contributed by atoms with van der Waals surface area (Å²) in [6, 6.07) is 8.68. The summed E-state index contributed by atoms with van der Waals surface area (Å²) >= 11 is 1.94. The van der Waals surface area contributed by atoms with Crippen LogP contribution in [0.3, 0.4) is 0 Å². The molecule has 0 aliphatic carbocycles. The van der Waals surface area contributed by atoms with Gasteiger partial charge in [0.25, 0.3) is 0 Å². The molecule has 1 aliphatic rings. The number of rotatable bonds is 6. The van der Waals surface area contributed by atoms with Gasteiger partial charge in [-0.15, -0.1) is 0 Å². The summed E-state index contributed by atoms with van der Waals surface area (Å²) in [7, 11) is 0. The second-order valence-electron chi connectivity index (χ2n) is 8.05. The Kier molecular flexibility index (Phi) is 5.34. The van der Waals surface area contributed by atoms with Gasteiger partial charge >= 0.3 is 0 Å². The lowest BCUT2D eigenvalue weighted by Crippen LogP contribution is -2.47. The fraction of sp³-hybridized carbons (Fsp3) is 0.375. The number of anilines is 1. The molecule has 29 heavy (non-hydrogen) atoms. The number of nitrogens with zero attached hydrogens (tertiary/aromatic N) is 3. The minimum absolute atomic E-state index is 0.717. The maximum absolute atomic E-state index is 4.83. The van der Waals surface area contributed by atoms with Crippen molar-refractivity contribution in [1.29, 1.82) is 0 Å². The van der Waals surface area contributed by atoms with Gasteiger partial charge in [0.2, 0.25) is 0 Å². The van der Waals surface area contributed by atoms with E-state index in [1.807, 2.05) is 11.8 Å². The molecule has 4 nitrogen and oxygen atoms in total. The lowest BCUT2D eigenvalue weighted by molar-refractivity contribution is 0.294. The standard InChI is InChI=1S/C24H30N4S/c1-15-8-7-9-16(2)22(15)11-25-23-10-20(19(5)27-13-21(14-27)29-6)12-28-18(4)17(3)26-24(23)28/h7-10,12,21,25H,5,11,13-14H2,1-4,6H3. The molecule has 0 atom stereocenters. The number of pyridine rings is 1. The van der Waals surface area contributed by atoms with Gasteiger partial charge in [-0.25, -0.2) is 4.98 Å². The molecule has 1 N–H and O–H groups in total. The topological polar surface area (TPSA) is 32.6 Å². The second-order valence-corrected chi connectivity index (χ2v) is 9.19. The van der Waals surface area contributed by atoms with Gasteiger partial charge in [0.05, 0.1) is 11.4 Å². The van der Waals surface area contributed by atoms with Crippen LogP contribution in [-0.4, -0.2) is 38.9 Å². The zero-order chi connectivity index (χ0) is 20.7. The number of imidazole rings is 1. The van der Waals surface area contributed by atoms with Gasteiger partial charge in [-0.1, -0.05) is 24.8 Å². The molecule has 0 amide bonds. The number of benzene rings is 1. The van der Waals surface area contributed by atoms with Crippen LogP contribution in [0.5, 0.6) is 0 Å². The summed E-state index contributed by atoms with van der Waals surface area (Å²) in [6.45, 7) is 15.9. The zero-order valence-electron chi connectivity index (χ0n) is 18.0. The molecule has 0 unspecified atom stereocenters. The summed E-state index contributed by atoms with van der Waals surface area (Å²) < 4.78 is 2.20. The maximum Gasteiger partial charge on any atom is 0.160 e. The average molecular weight is 407 g/mol. The Balaban J connectivity index is 1.68. The predicted molar refractivity (Wildman–Crippen MR) is 126 cm³/mol. The molecule has 3 heterocycles. The molecule has 1 fully saturated rings. The van der Waals surface area contributed by atoms with E-state index in [-0.39, 0.29) is 0 Å². The molecule has 5 heteroatoms. The first-order valence-electron chi connectivity index (χ1n) is 10.1.